The van der Waals surface area contributed by atoms with Gasteiger partial charge in [0.05, 0.1) is 5.92 Å². The highest BCUT2D eigenvalue weighted by Crippen LogP contribution is 2.11. The van der Waals surface area contributed by atoms with Crippen LogP contribution in [0.4, 0.5) is 0 Å². The number of carboxylic acids is 1. The van der Waals surface area contributed by atoms with Gasteiger partial charge in [-0.15, -0.1) is 0 Å². The second-order valence-electron chi connectivity index (χ2n) is 5.19. The fraction of sp³-hybridized carbons (Fsp3) is 0.917. The zero-order valence-corrected chi connectivity index (χ0v) is 13.0. The number of hydrogen-bond acceptors (Lipinski definition) is 3. The summed E-state index contributed by atoms with van der Waals surface area (Å²) in [6.07, 6.45) is 2.15. The van der Waals surface area contributed by atoms with Crippen molar-refractivity contribution in [3.63, 3.8) is 0 Å². The minimum absolute atomic E-state index is 0.0632. The third kappa shape index (κ3) is 7.49. The fourth-order valence-corrected chi connectivity index (χ4v) is 2.66. The standard InChI is InChI=1S/C12H26N2O4S/c1-5-6-7-14(4)19(17,18)13-9-11(12(15)16)8-10(2)3/h10-11,13H,5-9H2,1-4H3,(H,15,16). The molecule has 1 unspecified atom stereocenters. The maximum atomic E-state index is 11.9. The topological polar surface area (TPSA) is 86.7 Å². The molecule has 0 aromatic rings. The molecular formula is C12H26N2O4S. The van der Waals surface area contributed by atoms with Gasteiger partial charge in [-0.1, -0.05) is 27.2 Å². The minimum Gasteiger partial charge on any atom is -0.481 e. The van der Waals surface area contributed by atoms with E-state index in [1.54, 1.807) is 0 Å². The Labute approximate surface area is 116 Å². The number of nitrogens with one attached hydrogen (secondary N) is 1. The average molecular weight is 294 g/mol. The van der Waals surface area contributed by atoms with Crippen LogP contribution in [0.3, 0.4) is 0 Å². The van der Waals surface area contributed by atoms with E-state index < -0.39 is 22.1 Å². The van der Waals surface area contributed by atoms with E-state index in [-0.39, 0.29) is 12.5 Å². The minimum atomic E-state index is -3.58. The fourth-order valence-electron chi connectivity index (χ4n) is 1.66. The normalized spacial score (nSPS) is 14.0. The molecule has 0 aromatic heterocycles. The molecule has 0 aliphatic heterocycles. The Bertz CT molecular complexity index is 368. The van der Waals surface area contributed by atoms with Crippen molar-refractivity contribution in [1.82, 2.24) is 9.03 Å². The Kier molecular flexibility index (Phi) is 8.20. The zero-order chi connectivity index (χ0) is 15.1. The second-order valence-corrected chi connectivity index (χ2v) is 7.06. The Morgan fingerprint density at radius 1 is 1.37 bits per heavy atom. The summed E-state index contributed by atoms with van der Waals surface area (Å²) in [4.78, 5) is 11.0. The molecule has 0 aliphatic rings. The van der Waals surface area contributed by atoms with E-state index in [9.17, 15) is 13.2 Å². The van der Waals surface area contributed by atoms with Crippen molar-refractivity contribution >= 4 is 16.2 Å². The van der Waals surface area contributed by atoms with E-state index in [0.717, 1.165) is 12.8 Å². The van der Waals surface area contributed by atoms with Crippen molar-refractivity contribution in [2.75, 3.05) is 20.1 Å². The van der Waals surface area contributed by atoms with Crippen molar-refractivity contribution in [2.45, 2.75) is 40.0 Å². The molecule has 0 saturated carbocycles. The van der Waals surface area contributed by atoms with Gasteiger partial charge in [0.15, 0.2) is 0 Å². The molecule has 7 heteroatoms. The molecule has 1 atom stereocenters. The van der Waals surface area contributed by atoms with Crippen molar-refractivity contribution < 1.29 is 18.3 Å². The van der Waals surface area contributed by atoms with E-state index in [0.29, 0.717) is 13.0 Å². The van der Waals surface area contributed by atoms with Crippen molar-refractivity contribution in [3.8, 4) is 0 Å². The molecule has 114 valence electrons. The van der Waals surface area contributed by atoms with Gasteiger partial charge >= 0.3 is 5.97 Å². The molecule has 0 aromatic carbocycles. The number of unbranched alkanes of at least 4 members (excludes halogenated alkanes) is 1. The maximum absolute atomic E-state index is 11.9. The summed E-state index contributed by atoms with van der Waals surface area (Å²) in [5.41, 5.74) is 0. The highest BCUT2D eigenvalue weighted by molar-refractivity contribution is 7.87. The quantitative estimate of drug-likeness (QED) is 0.636. The molecule has 0 heterocycles. The molecule has 0 spiro atoms. The Balaban J connectivity index is 4.44. The van der Waals surface area contributed by atoms with Crippen LogP contribution in [-0.4, -0.2) is 43.9 Å². The van der Waals surface area contributed by atoms with Crippen LogP contribution in [0, 0.1) is 11.8 Å². The molecule has 0 radical (unpaired) electrons. The first-order valence-electron chi connectivity index (χ1n) is 6.64. The highest BCUT2D eigenvalue weighted by Gasteiger charge is 2.23. The van der Waals surface area contributed by atoms with Crippen molar-refractivity contribution in [3.05, 3.63) is 0 Å². The van der Waals surface area contributed by atoms with E-state index in [2.05, 4.69) is 4.72 Å². The van der Waals surface area contributed by atoms with E-state index in [1.165, 1.54) is 11.4 Å². The van der Waals surface area contributed by atoms with Crippen LogP contribution in [-0.2, 0) is 15.0 Å². The summed E-state index contributed by atoms with van der Waals surface area (Å²) >= 11 is 0. The number of carbonyl (C=O) groups is 1. The van der Waals surface area contributed by atoms with Gasteiger partial charge in [0.2, 0.25) is 0 Å². The SMILES string of the molecule is CCCCN(C)S(=O)(=O)NCC(CC(C)C)C(=O)O. The first-order chi connectivity index (χ1) is 8.70. The van der Waals surface area contributed by atoms with E-state index >= 15 is 0 Å². The Morgan fingerprint density at radius 2 is 1.95 bits per heavy atom. The summed E-state index contributed by atoms with van der Waals surface area (Å²) in [6.45, 7) is 6.19. The first kappa shape index (κ1) is 18.3. The Hall–Kier alpha value is -0.660. The summed E-state index contributed by atoms with van der Waals surface area (Å²) in [6, 6.07) is 0. The van der Waals surface area contributed by atoms with Gasteiger partial charge in [0.1, 0.15) is 0 Å². The van der Waals surface area contributed by atoms with Gasteiger partial charge in [-0.05, 0) is 18.8 Å². The van der Waals surface area contributed by atoms with Crippen LogP contribution in [0.15, 0.2) is 0 Å². The molecule has 0 saturated heterocycles. The second kappa shape index (κ2) is 8.50. The zero-order valence-electron chi connectivity index (χ0n) is 12.2. The molecule has 0 fully saturated rings. The number of carboxylic acid groups (broad SMARTS) is 1. The van der Waals surface area contributed by atoms with Gasteiger partial charge in [-0.2, -0.15) is 12.7 Å². The van der Waals surface area contributed by atoms with Crippen LogP contribution >= 0.6 is 0 Å². The van der Waals surface area contributed by atoms with E-state index in [1.807, 2.05) is 20.8 Å². The first-order valence-corrected chi connectivity index (χ1v) is 8.08. The number of hydrogen-bond donors (Lipinski definition) is 2. The maximum Gasteiger partial charge on any atom is 0.307 e. The van der Waals surface area contributed by atoms with Crippen molar-refractivity contribution in [2.24, 2.45) is 11.8 Å². The number of rotatable bonds is 10. The summed E-state index contributed by atoms with van der Waals surface area (Å²) < 4.78 is 27.3. The lowest BCUT2D eigenvalue weighted by Gasteiger charge is -2.20. The number of aliphatic carboxylic acids is 1. The molecule has 2 N–H and O–H groups in total. The van der Waals surface area contributed by atoms with Crippen LogP contribution < -0.4 is 4.72 Å². The smallest absolute Gasteiger partial charge is 0.307 e. The molecule has 6 nitrogen and oxygen atoms in total. The van der Waals surface area contributed by atoms with Gasteiger partial charge in [0, 0.05) is 20.1 Å². The Morgan fingerprint density at radius 3 is 2.37 bits per heavy atom. The lowest BCUT2D eigenvalue weighted by molar-refractivity contribution is -0.142. The predicted octanol–water partition coefficient (Wildman–Crippen LogP) is 1.30. The predicted molar refractivity (Wildman–Crippen MR) is 75.0 cm³/mol. The molecule has 0 aliphatic carbocycles. The lowest BCUT2D eigenvalue weighted by Crippen LogP contribution is -2.42. The third-order valence-electron chi connectivity index (χ3n) is 2.85. The largest absolute Gasteiger partial charge is 0.481 e. The molecule has 0 bridgehead atoms. The van der Waals surface area contributed by atoms with Gasteiger partial charge < -0.3 is 5.11 Å². The summed E-state index contributed by atoms with van der Waals surface area (Å²) in [7, 11) is -2.08. The molecule has 0 amide bonds. The van der Waals surface area contributed by atoms with Gasteiger partial charge in [-0.3, -0.25) is 4.79 Å². The average Bonchev–Trinajstić information content (AvgIpc) is 2.30. The van der Waals surface area contributed by atoms with Crippen LogP contribution in [0.5, 0.6) is 0 Å². The number of nitrogens with zero attached hydrogens (tertiary/aromatic N) is 1. The van der Waals surface area contributed by atoms with Crippen molar-refractivity contribution in [1.29, 1.82) is 0 Å². The lowest BCUT2D eigenvalue weighted by atomic mass is 9.98. The molecular weight excluding hydrogens is 268 g/mol. The molecule has 0 rings (SSSR count). The van der Waals surface area contributed by atoms with Gasteiger partial charge in [0.25, 0.3) is 10.2 Å². The summed E-state index contributed by atoms with van der Waals surface area (Å²) in [5, 5.41) is 9.05. The van der Waals surface area contributed by atoms with Gasteiger partial charge in [-0.25, -0.2) is 4.72 Å². The molecule has 19 heavy (non-hydrogen) atoms. The summed E-state index contributed by atoms with van der Waals surface area (Å²) in [5.74, 6) is -1.44. The van der Waals surface area contributed by atoms with E-state index in [4.69, 9.17) is 5.11 Å². The van der Waals surface area contributed by atoms with Crippen LogP contribution in [0.1, 0.15) is 40.0 Å². The van der Waals surface area contributed by atoms with Crippen LogP contribution in [0.25, 0.3) is 0 Å². The third-order valence-corrected chi connectivity index (χ3v) is 4.39. The highest BCUT2D eigenvalue weighted by atomic mass is 32.2. The van der Waals surface area contributed by atoms with Crippen LogP contribution in [0.2, 0.25) is 0 Å². The monoisotopic (exact) mass is 294 g/mol.